The monoisotopic (exact) mass is 368 g/mol. The number of hydrogen-bond donors (Lipinski definition) is 1. The standard InChI is InChI=1S/C22H28N2O3/c1-16-14-20(17(2)24(16)19-6-4-3-5-7-19)21(25)23-18-8-11-27-22(15-18)9-12-26-13-10-22/h3-7,14,18H,8-13,15H2,1-2H3,(H,23,25)/t18-/m1/s1. The van der Waals surface area contributed by atoms with Gasteiger partial charge >= 0.3 is 0 Å². The number of carbonyl (C=O) groups is 1. The minimum atomic E-state index is -0.116. The predicted molar refractivity (Wildman–Crippen MR) is 104 cm³/mol. The van der Waals surface area contributed by atoms with Gasteiger partial charge in [0.05, 0.1) is 11.2 Å². The molecule has 0 radical (unpaired) electrons. The van der Waals surface area contributed by atoms with E-state index in [1.807, 2.05) is 38.1 Å². The Bertz CT molecular complexity index is 801. The van der Waals surface area contributed by atoms with Gasteiger partial charge in [-0.3, -0.25) is 4.79 Å². The number of hydrogen-bond acceptors (Lipinski definition) is 3. The first-order chi connectivity index (χ1) is 13.1. The lowest BCUT2D eigenvalue weighted by atomic mass is 9.84. The normalized spacial score (nSPS) is 21.9. The van der Waals surface area contributed by atoms with Gasteiger partial charge in [-0.1, -0.05) is 18.2 Å². The van der Waals surface area contributed by atoms with E-state index in [0.717, 1.165) is 61.5 Å². The summed E-state index contributed by atoms with van der Waals surface area (Å²) in [5.41, 5.74) is 3.76. The maximum atomic E-state index is 13.0. The van der Waals surface area contributed by atoms with E-state index in [0.29, 0.717) is 6.61 Å². The van der Waals surface area contributed by atoms with Crippen LogP contribution in [-0.2, 0) is 9.47 Å². The van der Waals surface area contributed by atoms with Gasteiger partial charge in [0.25, 0.3) is 5.91 Å². The number of benzene rings is 1. The Hall–Kier alpha value is -2.11. The number of aryl methyl sites for hydroxylation is 1. The van der Waals surface area contributed by atoms with E-state index in [9.17, 15) is 4.79 Å². The molecule has 2 aliphatic rings. The summed E-state index contributed by atoms with van der Waals surface area (Å²) in [6.45, 7) is 6.26. The summed E-state index contributed by atoms with van der Waals surface area (Å²) < 4.78 is 13.7. The predicted octanol–water partition coefficient (Wildman–Crippen LogP) is 3.55. The maximum Gasteiger partial charge on any atom is 0.253 e. The van der Waals surface area contributed by atoms with Gasteiger partial charge in [-0.25, -0.2) is 0 Å². The molecule has 0 saturated carbocycles. The summed E-state index contributed by atoms with van der Waals surface area (Å²) in [7, 11) is 0. The second kappa shape index (κ2) is 7.49. The molecule has 4 rings (SSSR count). The summed E-state index contributed by atoms with van der Waals surface area (Å²) in [5, 5.41) is 3.27. The maximum absolute atomic E-state index is 13.0. The summed E-state index contributed by atoms with van der Waals surface area (Å²) in [5.74, 6) is 0.0133. The molecular weight excluding hydrogens is 340 g/mol. The van der Waals surface area contributed by atoms with E-state index in [-0.39, 0.29) is 17.6 Å². The molecule has 5 heteroatoms. The molecule has 1 N–H and O–H groups in total. The lowest BCUT2D eigenvalue weighted by molar-refractivity contribution is -0.139. The van der Waals surface area contributed by atoms with Gasteiger partial charge < -0.3 is 19.4 Å². The Balaban J connectivity index is 1.50. The molecule has 0 unspecified atom stereocenters. The third-order valence-corrected chi connectivity index (χ3v) is 5.92. The van der Waals surface area contributed by atoms with Crippen LogP contribution >= 0.6 is 0 Å². The molecule has 1 amide bonds. The van der Waals surface area contributed by atoms with E-state index in [4.69, 9.17) is 9.47 Å². The molecule has 3 heterocycles. The molecule has 1 aromatic carbocycles. The zero-order valence-corrected chi connectivity index (χ0v) is 16.2. The lowest BCUT2D eigenvalue weighted by Gasteiger charge is -2.43. The number of amides is 1. The lowest BCUT2D eigenvalue weighted by Crippen LogP contribution is -2.51. The third-order valence-electron chi connectivity index (χ3n) is 5.92. The number of ether oxygens (including phenoxy) is 2. The topological polar surface area (TPSA) is 52.5 Å². The fourth-order valence-corrected chi connectivity index (χ4v) is 4.47. The molecule has 27 heavy (non-hydrogen) atoms. The van der Waals surface area contributed by atoms with Crippen LogP contribution in [0.2, 0.25) is 0 Å². The molecule has 0 bridgehead atoms. The number of para-hydroxylation sites is 1. The van der Waals surface area contributed by atoms with Gasteiger partial charge in [0.15, 0.2) is 0 Å². The molecule has 144 valence electrons. The van der Waals surface area contributed by atoms with Crippen LogP contribution in [0.3, 0.4) is 0 Å². The fourth-order valence-electron chi connectivity index (χ4n) is 4.47. The number of nitrogens with zero attached hydrogens (tertiary/aromatic N) is 1. The molecule has 1 spiro atoms. The molecule has 1 aromatic heterocycles. The molecule has 5 nitrogen and oxygen atoms in total. The van der Waals surface area contributed by atoms with E-state index >= 15 is 0 Å². The quantitative estimate of drug-likeness (QED) is 0.901. The molecule has 2 fully saturated rings. The summed E-state index contributed by atoms with van der Waals surface area (Å²) in [6, 6.07) is 12.3. The zero-order valence-electron chi connectivity index (χ0n) is 16.2. The average Bonchev–Trinajstić information content (AvgIpc) is 2.97. The Kier molecular flexibility index (Phi) is 5.06. The second-order valence-corrected chi connectivity index (χ2v) is 7.76. The number of aromatic nitrogens is 1. The Labute approximate surface area is 160 Å². The van der Waals surface area contributed by atoms with Crippen LogP contribution in [0.4, 0.5) is 0 Å². The van der Waals surface area contributed by atoms with Crippen molar-refractivity contribution in [2.24, 2.45) is 0 Å². The summed E-state index contributed by atoms with van der Waals surface area (Å²) in [6.07, 6.45) is 3.58. The van der Waals surface area contributed by atoms with Crippen molar-refractivity contribution >= 4 is 5.91 Å². The van der Waals surface area contributed by atoms with Crippen molar-refractivity contribution < 1.29 is 14.3 Å². The van der Waals surface area contributed by atoms with Gasteiger partial charge in [-0.15, -0.1) is 0 Å². The summed E-state index contributed by atoms with van der Waals surface area (Å²) in [4.78, 5) is 13.0. The van der Waals surface area contributed by atoms with Crippen molar-refractivity contribution in [3.05, 3.63) is 53.3 Å². The highest BCUT2D eigenvalue weighted by Gasteiger charge is 2.39. The minimum Gasteiger partial charge on any atom is -0.381 e. The van der Waals surface area contributed by atoms with Gasteiger partial charge in [0.1, 0.15) is 0 Å². The van der Waals surface area contributed by atoms with E-state index in [1.165, 1.54) is 0 Å². The van der Waals surface area contributed by atoms with Crippen molar-refractivity contribution in [2.75, 3.05) is 19.8 Å². The van der Waals surface area contributed by atoms with E-state index in [2.05, 4.69) is 22.0 Å². The highest BCUT2D eigenvalue weighted by Crippen LogP contribution is 2.34. The fraction of sp³-hybridized carbons (Fsp3) is 0.500. The molecule has 2 saturated heterocycles. The number of nitrogens with one attached hydrogen (secondary N) is 1. The van der Waals surface area contributed by atoms with Crippen LogP contribution in [0.25, 0.3) is 5.69 Å². The van der Waals surface area contributed by atoms with Gasteiger partial charge in [-0.2, -0.15) is 0 Å². The van der Waals surface area contributed by atoms with Crippen molar-refractivity contribution in [3.63, 3.8) is 0 Å². The number of rotatable bonds is 3. The average molecular weight is 368 g/mol. The molecular formula is C22H28N2O3. The van der Waals surface area contributed by atoms with Crippen molar-refractivity contribution in [1.29, 1.82) is 0 Å². The zero-order chi connectivity index (χ0) is 18.9. The van der Waals surface area contributed by atoms with Crippen LogP contribution < -0.4 is 5.32 Å². The van der Waals surface area contributed by atoms with E-state index in [1.54, 1.807) is 0 Å². The third kappa shape index (κ3) is 3.66. The first-order valence-electron chi connectivity index (χ1n) is 9.85. The van der Waals surface area contributed by atoms with Crippen molar-refractivity contribution in [2.45, 2.75) is 51.2 Å². The van der Waals surface area contributed by atoms with Crippen LogP contribution in [0.1, 0.15) is 47.4 Å². The van der Waals surface area contributed by atoms with E-state index < -0.39 is 0 Å². The molecule has 2 aliphatic heterocycles. The highest BCUT2D eigenvalue weighted by molar-refractivity contribution is 5.96. The molecule has 0 aliphatic carbocycles. The van der Waals surface area contributed by atoms with Gasteiger partial charge in [-0.05, 0) is 57.7 Å². The molecule has 1 atom stereocenters. The van der Waals surface area contributed by atoms with Crippen LogP contribution in [0, 0.1) is 13.8 Å². The Morgan fingerprint density at radius 3 is 2.63 bits per heavy atom. The minimum absolute atomic E-state index is 0.0133. The van der Waals surface area contributed by atoms with Crippen LogP contribution in [0.5, 0.6) is 0 Å². The van der Waals surface area contributed by atoms with Gasteiger partial charge in [0.2, 0.25) is 0 Å². The first-order valence-corrected chi connectivity index (χ1v) is 9.85. The Morgan fingerprint density at radius 2 is 1.89 bits per heavy atom. The Morgan fingerprint density at radius 1 is 1.15 bits per heavy atom. The van der Waals surface area contributed by atoms with Crippen LogP contribution in [0.15, 0.2) is 36.4 Å². The van der Waals surface area contributed by atoms with Gasteiger partial charge in [0, 0.05) is 42.9 Å². The second-order valence-electron chi connectivity index (χ2n) is 7.76. The number of carbonyl (C=O) groups excluding carboxylic acids is 1. The first kappa shape index (κ1) is 18.3. The van der Waals surface area contributed by atoms with Crippen molar-refractivity contribution in [1.82, 2.24) is 9.88 Å². The highest BCUT2D eigenvalue weighted by atomic mass is 16.5. The largest absolute Gasteiger partial charge is 0.381 e. The molecule has 2 aromatic rings. The van der Waals surface area contributed by atoms with Crippen LogP contribution in [-0.4, -0.2) is 41.9 Å². The smallest absolute Gasteiger partial charge is 0.253 e. The SMILES string of the molecule is Cc1cc(C(=O)N[C@@H]2CCOC3(CCOCC3)C2)c(C)n1-c1ccccc1. The summed E-state index contributed by atoms with van der Waals surface area (Å²) >= 11 is 0. The van der Waals surface area contributed by atoms with Crippen molar-refractivity contribution in [3.8, 4) is 5.69 Å².